The van der Waals surface area contributed by atoms with Crippen LogP contribution in [0.1, 0.15) is 19.8 Å². The normalized spacial score (nSPS) is 10.4. The fourth-order valence-corrected chi connectivity index (χ4v) is 2.51. The fourth-order valence-electron chi connectivity index (χ4n) is 1.61. The van der Waals surface area contributed by atoms with Gasteiger partial charge in [0.05, 0.1) is 11.4 Å². The monoisotopic (exact) mass is 291 g/mol. The molecule has 0 aliphatic heterocycles. The summed E-state index contributed by atoms with van der Waals surface area (Å²) >= 11 is 1.66. The standard InChI is InChI=1S/C13H17N5OS/c1-2-3-7-20-9-13(19)15-11-5-4-6-12(8-11)18-10-14-16-17-18/h4-6,8,10H,2-3,7,9H2,1H3,(H,15,19). The molecule has 1 N–H and O–H groups in total. The van der Waals surface area contributed by atoms with Gasteiger partial charge >= 0.3 is 0 Å². The van der Waals surface area contributed by atoms with Crippen LogP contribution >= 0.6 is 11.8 Å². The zero-order chi connectivity index (χ0) is 14.2. The van der Waals surface area contributed by atoms with Crippen LogP contribution in [0.3, 0.4) is 0 Å². The highest BCUT2D eigenvalue weighted by Crippen LogP contribution is 2.14. The van der Waals surface area contributed by atoms with Crippen molar-refractivity contribution in [1.82, 2.24) is 20.2 Å². The van der Waals surface area contributed by atoms with Crippen LogP contribution in [0, 0.1) is 0 Å². The molecular formula is C13H17N5OS. The Bertz CT molecular complexity index is 543. The van der Waals surface area contributed by atoms with E-state index in [9.17, 15) is 4.79 Å². The Balaban J connectivity index is 1.90. The van der Waals surface area contributed by atoms with E-state index in [1.807, 2.05) is 24.3 Å². The van der Waals surface area contributed by atoms with Crippen LogP contribution in [0.4, 0.5) is 5.69 Å². The van der Waals surface area contributed by atoms with Gasteiger partial charge < -0.3 is 5.32 Å². The number of benzene rings is 1. The minimum Gasteiger partial charge on any atom is -0.325 e. The molecule has 0 radical (unpaired) electrons. The fraction of sp³-hybridized carbons (Fsp3) is 0.385. The molecule has 0 aliphatic carbocycles. The number of unbranched alkanes of at least 4 members (excludes halogenated alkanes) is 1. The Morgan fingerprint density at radius 1 is 1.45 bits per heavy atom. The summed E-state index contributed by atoms with van der Waals surface area (Å²) < 4.78 is 1.55. The van der Waals surface area contributed by atoms with Gasteiger partial charge in [-0.15, -0.1) is 5.10 Å². The average molecular weight is 291 g/mol. The molecule has 7 heteroatoms. The molecule has 6 nitrogen and oxygen atoms in total. The molecule has 0 saturated carbocycles. The third-order valence-corrected chi connectivity index (χ3v) is 3.66. The molecule has 1 amide bonds. The maximum atomic E-state index is 11.8. The Kier molecular flexibility index (Phi) is 5.55. The van der Waals surface area contributed by atoms with Crippen LogP contribution in [0.5, 0.6) is 0 Å². The lowest BCUT2D eigenvalue weighted by atomic mass is 10.3. The Morgan fingerprint density at radius 3 is 3.10 bits per heavy atom. The van der Waals surface area contributed by atoms with Crippen molar-refractivity contribution in [1.29, 1.82) is 0 Å². The predicted octanol–water partition coefficient (Wildman–Crippen LogP) is 2.13. The highest BCUT2D eigenvalue weighted by atomic mass is 32.2. The summed E-state index contributed by atoms with van der Waals surface area (Å²) in [6, 6.07) is 7.42. The topological polar surface area (TPSA) is 72.7 Å². The Morgan fingerprint density at radius 2 is 2.35 bits per heavy atom. The van der Waals surface area contributed by atoms with E-state index in [0.717, 1.165) is 30.0 Å². The molecule has 1 aromatic heterocycles. The maximum Gasteiger partial charge on any atom is 0.234 e. The van der Waals surface area contributed by atoms with E-state index < -0.39 is 0 Å². The number of aromatic nitrogens is 4. The van der Waals surface area contributed by atoms with Gasteiger partial charge in [-0.1, -0.05) is 19.4 Å². The molecule has 106 valence electrons. The van der Waals surface area contributed by atoms with Gasteiger partial charge in [0.2, 0.25) is 5.91 Å². The minimum absolute atomic E-state index is 0.0139. The van der Waals surface area contributed by atoms with E-state index >= 15 is 0 Å². The van der Waals surface area contributed by atoms with Crippen molar-refractivity contribution >= 4 is 23.4 Å². The van der Waals surface area contributed by atoms with Gasteiger partial charge in [0, 0.05) is 5.69 Å². The molecular weight excluding hydrogens is 274 g/mol. The number of carbonyl (C=O) groups is 1. The molecule has 0 atom stereocenters. The van der Waals surface area contributed by atoms with Gasteiger partial charge in [-0.25, -0.2) is 4.68 Å². The number of hydrogen-bond acceptors (Lipinski definition) is 5. The lowest BCUT2D eigenvalue weighted by molar-refractivity contribution is -0.113. The van der Waals surface area contributed by atoms with E-state index in [1.165, 1.54) is 6.33 Å². The molecule has 2 rings (SSSR count). The lowest BCUT2D eigenvalue weighted by Gasteiger charge is -2.06. The second kappa shape index (κ2) is 7.64. The molecule has 1 aromatic carbocycles. The number of hydrogen-bond donors (Lipinski definition) is 1. The largest absolute Gasteiger partial charge is 0.325 e. The van der Waals surface area contributed by atoms with Crippen LogP contribution < -0.4 is 5.32 Å². The molecule has 0 saturated heterocycles. The first-order valence-corrected chi connectivity index (χ1v) is 7.66. The third kappa shape index (κ3) is 4.34. The molecule has 20 heavy (non-hydrogen) atoms. The second-order valence-electron chi connectivity index (χ2n) is 4.26. The van der Waals surface area contributed by atoms with Crippen molar-refractivity contribution in [3.63, 3.8) is 0 Å². The molecule has 0 bridgehead atoms. The van der Waals surface area contributed by atoms with Crippen LogP contribution in [-0.2, 0) is 4.79 Å². The molecule has 0 unspecified atom stereocenters. The number of rotatable bonds is 7. The van der Waals surface area contributed by atoms with Gasteiger partial charge in [0.15, 0.2) is 0 Å². The van der Waals surface area contributed by atoms with Crippen molar-refractivity contribution in [2.45, 2.75) is 19.8 Å². The summed E-state index contributed by atoms with van der Waals surface area (Å²) in [6.45, 7) is 2.14. The summed E-state index contributed by atoms with van der Waals surface area (Å²) in [5.74, 6) is 1.52. The Hall–Kier alpha value is -1.89. The SMILES string of the molecule is CCCCSCC(=O)Nc1cccc(-n2cnnn2)c1. The van der Waals surface area contributed by atoms with E-state index in [4.69, 9.17) is 0 Å². The minimum atomic E-state index is 0.0139. The van der Waals surface area contributed by atoms with Crippen molar-refractivity contribution in [3.05, 3.63) is 30.6 Å². The highest BCUT2D eigenvalue weighted by molar-refractivity contribution is 7.99. The second-order valence-corrected chi connectivity index (χ2v) is 5.36. The van der Waals surface area contributed by atoms with Crippen molar-refractivity contribution < 1.29 is 4.79 Å². The molecule has 2 aromatic rings. The van der Waals surface area contributed by atoms with Gasteiger partial charge in [0.25, 0.3) is 0 Å². The first-order valence-electron chi connectivity index (χ1n) is 6.50. The zero-order valence-electron chi connectivity index (χ0n) is 11.3. The third-order valence-electron chi connectivity index (χ3n) is 2.62. The first kappa shape index (κ1) is 14.5. The smallest absolute Gasteiger partial charge is 0.234 e. The number of tetrazole rings is 1. The quantitative estimate of drug-likeness (QED) is 0.791. The molecule has 1 heterocycles. The number of carbonyl (C=O) groups excluding carboxylic acids is 1. The highest BCUT2D eigenvalue weighted by Gasteiger charge is 2.04. The Labute approximate surface area is 121 Å². The average Bonchev–Trinajstić information content (AvgIpc) is 2.98. The van der Waals surface area contributed by atoms with Crippen LogP contribution in [-0.4, -0.2) is 37.6 Å². The van der Waals surface area contributed by atoms with Crippen molar-refractivity contribution in [3.8, 4) is 5.69 Å². The summed E-state index contributed by atoms with van der Waals surface area (Å²) in [4.78, 5) is 11.8. The van der Waals surface area contributed by atoms with Gasteiger partial charge in [-0.2, -0.15) is 11.8 Å². The van der Waals surface area contributed by atoms with Gasteiger partial charge in [0.1, 0.15) is 6.33 Å². The summed E-state index contributed by atoms with van der Waals surface area (Å²) in [5.41, 5.74) is 1.56. The maximum absolute atomic E-state index is 11.8. The van der Waals surface area contributed by atoms with Crippen LogP contribution in [0.25, 0.3) is 5.69 Å². The number of thioether (sulfide) groups is 1. The summed E-state index contributed by atoms with van der Waals surface area (Å²) in [6.07, 6.45) is 3.82. The summed E-state index contributed by atoms with van der Waals surface area (Å²) in [5, 5.41) is 13.9. The van der Waals surface area contributed by atoms with Crippen LogP contribution in [0.2, 0.25) is 0 Å². The molecule has 0 aliphatic rings. The van der Waals surface area contributed by atoms with Gasteiger partial charge in [-0.3, -0.25) is 4.79 Å². The predicted molar refractivity (Wildman–Crippen MR) is 80.0 cm³/mol. The lowest BCUT2D eigenvalue weighted by Crippen LogP contribution is -2.14. The number of anilines is 1. The van der Waals surface area contributed by atoms with E-state index in [-0.39, 0.29) is 5.91 Å². The summed E-state index contributed by atoms with van der Waals surface area (Å²) in [7, 11) is 0. The number of amides is 1. The van der Waals surface area contributed by atoms with E-state index in [0.29, 0.717) is 5.75 Å². The van der Waals surface area contributed by atoms with E-state index in [2.05, 4.69) is 27.8 Å². The molecule has 0 fully saturated rings. The van der Waals surface area contributed by atoms with Crippen molar-refractivity contribution in [2.24, 2.45) is 0 Å². The van der Waals surface area contributed by atoms with Crippen LogP contribution in [0.15, 0.2) is 30.6 Å². The zero-order valence-corrected chi connectivity index (χ0v) is 12.1. The first-order chi connectivity index (χ1) is 9.79. The van der Waals surface area contributed by atoms with Crippen molar-refractivity contribution in [2.75, 3.05) is 16.8 Å². The number of nitrogens with one attached hydrogen (secondary N) is 1. The number of nitrogens with zero attached hydrogens (tertiary/aromatic N) is 4. The van der Waals surface area contributed by atoms with Gasteiger partial charge in [-0.05, 0) is 40.8 Å². The molecule has 0 spiro atoms. The van der Waals surface area contributed by atoms with E-state index in [1.54, 1.807) is 16.4 Å².